The third-order valence-electron chi connectivity index (χ3n) is 4.38. The topological polar surface area (TPSA) is 71.1 Å². The standard InChI is InChI=1S/C22H19N3O2S2/c1-14-2-7-18-19(12-14)29-22(25-18)15-3-5-17(6-4-15)24-20(26)8-10-23-21(27)16-9-11-28-13-16/h2-7,9,11-13H,8,10H2,1H3,(H,23,27)(H,24,26). The van der Waals surface area contributed by atoms with E-state index in [1.807, 2.05) is 35.7 Å². The first kappa shape index (κ1) is 19.3. The number of thiazole rings is 1. The van der Waals surface area contributed by atoms with Gasteiger partial charge in [0.15, 0.2) is 0 Å². The third-order valence-corrected chi connectivity index (χ3v) is 6.13. The number of amides is 2. The van der Waals surface area contributed by atoms with Crippen LogP contribution in [0.2, 0.25) is 0 Å². The molecule has 0 saturated heterocycles. The summed E-state index contributed by atoms with van der Waals surface area (Å²) < 4.78 is 1.17. The monoisotopic (exact) mass is 421 g/mol. The normalized spacial score (nSPS) is 10.8. The largest absolute Gasteiger partial charge is 0.351 e. The van der Waals surface area contributed by atoms with Crippen molar-refractivity contribution in [2.24, 2.45) is 0 Å². The third kappa shape index (κ3) is 4.70. The van der Waals surface area contributed by atoms with E-state index < -0.39 is 0 Å². The molecule has 5 nitrogen and oxygen atoms in total. The number of nitrogens with one attached hydrogen (secondary N) is 2. The van der Waals surface area contributed by atoms with Crippen molar-refractivity contribution in [1.82, 2.24) is 10.3 Å². The molecule has 4 aromatic rings. The Morgan fingerprint density at radius 3 is 2.66 bits per heavy atom. The van der Waals surface area contributed by atoms with Crippen LogP contribution in [0.15, 0.2) is 59.3 Å². The van der Waals surface area contributed by atoms with Crippen LogP contribution in [-0.2, 0) is 4.79 Å². The predicted octanol–water partition coefficient (Wildman–Crippen LogP) is 5.09. The van der Waals surface area contributed by atoms with Gasteiger partial charge in [0.1, 0.15) is 5.01 Å². The lowest BCUT2D eigenvalue weighted by Gasteiger charge is -2.07. The lowest BCUT2D eigenvalue weighted by molar-refractivity contribution is -0.116. The maximum absolute atomic E-state index is 12.1. The van der Waals surface area contributed by atoms with Gasteiger partial charge in [0, 0.05) is 35.2 Å². The number of rotatable bonds is 6. The lowest BCUT2D eigenvalue weighted by atomic mass is 10.2. The van der Waals surface area contributed by atoms with Gasteiger partial charge in [-0.2, -0.15) is 11.3 Å². The van der Waals surface area contributed by atoms with Crippen molar-refractivity contribution in [3.05, 3.63) is 70.4 Å². The van der Waals surface area contributed by atoms with Crippen molar-refractivity contribution in [1.29, 1.82) is 0 Å². The molecule has 0 saturated carbocycles. The quantitative estimate of drug-likeness (QED) is 0.455. The summed E-state index contributed by atoms with van der Waals surface area (Å²) in [5.74, 6) is -0.298. The van der Waals surface area contributed by atoms with Gasteiger partial charge in [-0.3, -0.25) is 9.59 Å². The van der Waals surface area contributed by atoms with E-state index in [2.05, 4.69) is 34.7 Å². The summed E-state index contributed by atoms with van der Waals surface area (Å²) in [6.07, 6.45) is 0.217. The van der Waals surface area contributed by atoms with E-state index in [-0.39, 0.29) is 18.2 Å². The van der Waals surface area contributed by atoms with E-state index in [1.54, 1.807) is 22.8 Å². The highest BCUT2D eigenvalue weighted by molar-refractivity contribution is 7.21. The van der Waals surface area contributed by atoms with Crippen LogP contribution >= 0.6 is 22.7 Å². The van der Waals surface area contributed by atoms with Gasteiger partial charge in [-0.15, -0.1) is 11.3 Å². The number of thiophene rings is 1. The fourth-order valence-corrected chi connectivity index (χ4v) is 4.57. The number of nitrogens with zero attached hydrogens (tertiary/aromatic N) is 1. The molecule has 0 bridgehead atoms. The molecule has 4 rings (SSSR count). The Kier molecular flexibility index (Phi) is 5.69. The van der Waals surface area contributed by atoms with E-state index in [0.29, 0.717) is 12.1 Å². The minimum absolute atomic E-state index is 0.140. The second-order valence-electron chi connectivity index (χ2n) is 6.63. The summed E-state index contributed by atoms with van der Waals surface area (Å²) in [5, 5.41) is 10.2. The Labute approximate surface area is 176 Å². The number of aromatic nitrogens is 1. The highest BCUT2D eigenvalue weighted by atomic mass is 32.1. The summed E-state index contributed by atoms with van der Waals surface area (Å²) in [6.45, 7) is 2.37. The molecule has 2 heterocycles. The maximum Gasteiger partial charge on any atom is 0.252 e. The molecule has 0 aliphatic rings. The smallest absolute Gasteiger partial charge is 0.252 e. The molecule has 0 aliphatic heterocycles. The van der Waals surface area contributed by atoms with Gasteiger partial charge in [0.25, 0.3) is 5.91 Å². The summed E-state index contributed by atoms with van der Waals surface area (Å²) in [7, 11) is 0. The van der Waals surface area contributed by atoms with Gasteiger partial charge in [-0.05, 0) is 60.3 Å². The fraction of sp³-hybridized carbons (Fsp3) is 0.136. The molecular formula is C22H19N3O2S2. The van der Waals surface area contributed by atoms with Crippen molar-refractivity contribution in [2.45, 2.75) is 13.3 Å². The molecule has 2 amide bonds. The zero-order valence-electron chi connectivity index (χ0n) is 15.8. The fourth-order valence-electron chi connectivity index (χ4n) is 2.86. The first-order chi connectivity index (χ1) is 14.1. The van der Waals surface area contributed by atoms with Gasteiger partial charge >= 0.3 is 0 Å². The number of carbonyl (C=O) groups is 2. The summed E-state index contributed by atoms with van der Waals surface area (Å²) in [5.41, 5.74) is 4.58. The molecular weight excluding hydrogens is 402 g/mol. The van der Waals surface area contributed by atoms with E-state index in [1.165, 1.54) is 21.6 Å². The molecule has 0 unspecified atom stereocenters. The zero-order valence-corrected chi connectivity index (χ0v) is 17.4. The van der Waals surface area contributed by atoms with Crippen LogP contribution in [0.1, 0.15) is 22.3 Å². The summed E-state index contributed by atoms with van der Waals surface area (Å²) >= 11 is 3.13. The second-order valence-corrected chi connectivity index (χ2v) is 8.44. The Bertz CT molecular complexity index is 1150. The van der Waals surface area contributed by atoms with Crippen LogP contribution in [0.3, 0.4) is 0 Å². The van der Waals surface area contributed by atoms with Gasteiger partial charge in [0.05, 0.1) is 10.2 Å². The first-order valence-corrected chi connectivity index (χ1v) is 10.9. The Morgan fingerprint density at radius 2 is 1.90 bits per heavy atom. The Morgan fingerprint density at radius 1 is 1.07 bits per heavy atom. The van der Waals surface area contributed by atoms with Crippen LogP contribution in [0, 0.1) is 6.92 Å². The van der Waals surface area contributed by atoms with Gasteiger partial charge in [-0.25, -0.2) is 4.98 Å². The molecule has 0 radical (unpaired) electrons. The van der Waals surface area contributed by atoms with Crippen LogP contribution in [0.5, 0.6) is 0 Å². The van der Waals surface area contributed by atoms with E-state index in [0.717, 1.165) is 21.8 Å². The van der Waals surface area contributed by atoms with Gasteiger partial charge < -0.3 is 10.6 Å². The van der Waals surface area contributed by atoms with Gasteiger partial charge in [-0.1, -0.05) is 6.07 Å². The van der Waals surface area contributed by atoms with E-state index in [9.17, 15) is 9.59 Å². The van der Waals surface area contributed by atoms with Gasteiger partial charge in [0.2, 0.25) is 5.91 Å². The molecule has 2 aromatic carbocycles. The molecule has 0 aliphatic carbocycles. The number of aryl methyl sites for hydroxylation is 1. The van der Waals surface area contributed by atoms with Crippen molar-refractivity contribution >= 4 is 50.4 Å². The minimum atomic E-state index is -0.158. The molecule has 0 atom stereocenters. The van der Waals surface area contributed by atoms with Crippen molar-refractivity contribution < 1.29 is 9.59 Å². The van der Waals surface area contributed by atoms with Crippen molar-refractivity contribution in [3.63, 3.8) is 0 Å². The second kappa shape index (κ2) is 8.55. The predicted molar refractivity (Wildman–Crippen MR) is 120 cm³/mol. The van der Waals surface area contributed by atoms with E-state index in [4.69, 9.17) is 0 Å². The highest BCUT2D eigenvalue weighted by Crippen LogP contribution is 2.31. The van der Waals surface area contributed by atoms with Crippen LogP contribution in [-0.4, -0.2) is 23.3 Å². The lowest BCUT2D eigenvalue weighted by Crippen LogP contribution is -2.27. The molecule has 0 spiro atoms. The molecule has 29 heavy (non-hydrogen) atoms. The van der Waals surface area contributed by atoms with E-state index >= 15 is 0 Å². The van der Waals surface area contributed by atoms with Crippen molar-refractivity contribution in [3.8, 4) is 10.6 Å². The number of fused-ring (bicyclic) bond motifs is 1. The number of hydrogen-bond donors (Lipinski definition) is 2. The molecule has 0 fully saturated rings. The Hall–Kier alpha value is -3.03. The average molecular weight is 422 g/mol. The van der Waals surface area contributed by atoms with Crippen LogP contribution < -0.4 is 10.6 Å². The number of carbonyl (C=O) groups excluding carboxylic acids is 2. The minimum Gasteiger partial charge on any atom is -0.351 e. The Balaban J connectivity index is 1.32. The number of hydrogen-bond acceptors (Lipinski definition) is 5. The van der Waals surface area contributed by atoms with Crippen LogP contribution in [0.25, 0.3) is 20.8 Å². The highest BCUT2D eigenvalue weighted by Gasteiger charge is 2.09. The first-order valence-electron chi connectivity index (χ1n) is 9.16. The average Bonchev–Trinajstić information content (AvgIpc) is 3.38. The maximum atomic E-state index is 12.1. The SMILES string of the molecule is Cc1ccc2nc(-c3ccc(NC(=O)CCNC(=O)c4ccsc4)cc3)sc2c1. The number of benzene rings is 2. The molecule has 2 aromatic heterocycles. The zero-order chi connectivity index (χ0) is 20.2. The number of anilines is 1. The summed E-state index contributed by atoms with van der Waals surface area (Å²) in [4.78, 5) is 28.7. The molecule has 146 valence electrons. The van der Waals surface area contributed by atoms with Crippen molar-refractivity contribution in [2.75, 3.05) is 11.9 Å². The molecule has 7 heteroatoms. The van der Waals surface area contributed by atoms with Crippen LogP contribution in [0.4, 0.5) is 5.69 Å². The summed E-state index contributed by atoms with van der Waals surface area (Å²) in [6, 6.07) is 15.7. The molecule has 2 N–H and O–H groups in total.